The summed E-state index contributed by atoms with van der Waals surface area (Å²) in [7, 11) is 3.50. The third-order valence-corrected chi connectivity index (χ3v) is 2.36. The predicted molar refractivity (Wildman–Crippen MR) is 53.2 cm³/mol. The molecule has 2 amide bonds. The van der Waals surface area contributed by atoms with Gasteiger partial charge >= 0.3 is 6.03 Å². The van der Waals surface area contributed by atoms with Crippen molar-refractivity contribution < 1.29 is 9.59 Å². The zero-order valence-corrected chi connectivity index (χ0v) is 8.77. The van der Waals surface area contributed by atoms with Crippen LogP contribution in [0.1, 0.15) is 0 Å². The molecule has 1 fully saturated rings. The van der Waals surface area contributed by atoms with E-state index >= 15 is 0 Å². The van der Waals surface area contributed by atoms with Crippen LogP contribution in [0.25, 0.3) is 0 Å². The molecule has 5 heteroatoms. The first-order chi connectivity index (χ1) is 6.65. The van der Waals surface area contributed by atoms with Gasteiger partial charge in [-0.25, -0.2) is 4.79 Å². The van der Waals surface area contributed by atoms with Crippen LogP contribution < -0.4 is 0 Å². The number of carbonyl (C=O) groups is 2. The number of carbonyl (C=O) groups excluding carboxylic acids is 2. The average Bonchev–Trinajstić information content (AvgIpc) is 2.18. The first-order valence-corrected chi connectivity index (χ1v) is 4.77. The van der Waals surface area contributed by atoms with Crippen molar-refractivity contribution in [3.63, 3.8) is 0 Å². The molecule has 14 heavy (non-hydrogen) atoms. The predicted octanol–water partition coefficient (Wildman–Crippen LogP) is -0.515. The van der Waals surface area contributed by atoms with Crippen molar-refractivity contribution in [1.82, 2.24) is 14.7 Å². The molecule has 0 unspecified atom stereocenters. The highest BCUT2D eigenvalue weighted by Gasteiger charge is 2.21. The van der Waals surface area contributed by atoms with Crippen LogP contribution in [-0.2, 0) is 4.79 Å². The summed E-state index contributed by atoms with van der Waals surface area (Å²) in [6.45, 7) is 3.48. The Morgan fingerprint density at radius 2 is 1.86 bits per heavy atom. The van der Waals surface area contributed by atoms with Crippen molar-refractivity contribution >= 4 is 12.3 Å². The molecular formula is C9H17N3O2. The van der Waals surface area contributed by atoms with Gasteiger partial charge in [0.2, 0.25) is 0 Å². The fourth-order valence-corrected chi connectivity index (χ4v) is 1.51. The molecule has 1 saturated heterocycles. The average molecular weight is 199 g/mol. The Hall–Kier alpha value is -1.10. The Balaban J connectivity index is 2.35. The second-order valence-electron chi connectivity index (χ2n) is 3.63. The quantitative estimate of drug-likeness (QED) is 0.562. The molecule has 0 aromatic rings. The van der Waals surface area contributed by atoms with E-state index in [1.54, 1.807) is 23.9 Å². The largest absolute Gasteiger partial charge is 0.331 e. The topological polar surface area (TPSA) is 43.9 Å². The van der Waals surface area contributed by atoms with Crippen molar-refractivity contribution in [1.29, 1.82) is 0 Å². The number of aldehydes is 1. The summed E-state index contributed by atoms with van der Waals surface area (Å²) in [6.07, 6.45) is 0.906. The van der Waals surface area contributed by atoms with Gasteiger partial charge in [-0.15, -0.1) is 0 Å². The van der Waals surface area contributed by atoms with Crippen LogP contribution >= 0.6 is 0 Å². The van der Waals surface area contributed by atoms with Crippen LogP contribution in [0.4, 0.5) is 4.79 Å². The fraction of sp³-hybridized carbons (Fsp3) is 0.778. The van der Waals surface area contributed by atoms with Gasteiger partial charge in [-0.1, -0.05) is 0 Å². The van der Waals surface area contributed by atoms with Crippen LogP contribution in [0.5, 0.6) is 0 Å². The normalized spacial score (nSPS) is 18.0. The van der Waals surface area contributed by atoms with E-state index in [2.05, 4.69) is 0 Å². The number of amides is 2. The molecule has 0 radical (unpaired) electrons. The van der Waals surface area contributed by atoms with Gasteiger partial charge in [-0.05, 0) is 0 Å². The SMILES string of the molecule is CN(C)C(=O)N1CCN(CC=O)CC1. The maximum Gasteiger partial charge on any atom is 0.319 e. The molecule has 0 aromatic heterocycles. The number of rotatable bonds is 2. The molecule has 1 heterocycles. The molecular weight excluding hydrogens is 182 g/mol. The third kappa shape index (κ3) is 2.70. The number of nitrogens with zero attached hydrogens (tertiary/aromatic N) is 3. The minimum absolute atomic E-state index is 0.0516. The van der Waals surface area contributed by atoms with Crippen LogP contribution in [0.2, 0.25) is 0 Å². The zero-order chi connectivity index (χ0) is 10.6. The smallest absolute Gasteiger partial charge is 0.319 e. The Labute approximate surface area is 84.3 Å². The summed E-state index contributed by atoms with van der Waals surface area (Å²) in [5, 5.41) is 0. The van der Waals surface area contributed by atoms with E-state index in [9.17, 15) is 9.59 Å². The van der Waals surface area contributed by atoms with Gasteiger partial charge in [0.05, 0.1) is 6.54 Å². The van der Waals surface area contributed by atoms with Gasteiger partial charge in [0.15, 0.2) is 0 Å². The van der Waals surface area contributed by atoms with Gasteiger partial charge in [0.25, 0.3) is 0 Å². The van der Waals surface area contributed by atoms with Crippen molar-refractivity contribution in [2.75, 3.05) is 46.8 Å². The number of hydrogen-bond acceptors (Lipinski definition) is 3. The van der Waals surface area contributed by atoms with Crippen molar-refractivity contribution in [3.8, 4) is 0 Å². The molecule has 0 aliphatic carbocycles. The lowest BCUT2D eigenvalue weighted by atomic mass is 10.3. The molecule has 0 aromatic carbocycles. The van der Waals surface area contributed by atoms with Crippen molar-refractivity contribution in [3.05, 3.63) is 0 Å². The van der Waals surface area contributed by atoms with E-state index in [-0.39, 0.29) is 6.03 Å². The minimum atomic E-state index is 0.0516. The molecule has 1 aliphatic heterocycles. The summed E-state index contributed by atoms with van der Waals surface area (Å²) >= 11 is 0. The maximum atomic E-state index is 11.5. The fourth-order valence-electron chi connectivity index (χ4n) is 1.51. The molecule has 0 bridgehead atoms. The molecule has 0 spiro atoms. The number of piperazine rings is 1. The molecule has 0 atom stereocenters. The summed E-state index contributed by atoms with van der Waals surface area (Å²) < 4.78 is 0. The summed E-state index contributed by atoms with van der Waals surface area (Å²) in [6, 6.07) is 0.0516. The second kappa shape index (κ2) is 4.95. The van der Waals surface area contributed by atoms with Crippen molar-refractivity contribution in [2.24, 2.45) is 0 Å². The molecule has 0 N–H and O–H groups in total. The standard InChI is InChI=1S/C9H17N3O2/c1-10(2)9(14)12-5-3-11(4-6-12)7-8-13/h8H,3-7H2,1-2H3. The van der Waals surface area contributed by atoms with Crippen molar-refractivity contribution in [2.45, 2.75) is 0 Å². The number of hydrogen-bond donors (Lipinski definition) is 0. The monoisotopic (exact) mass is 199 g/mol. The van der Waals surface area contributed by atoms with Gasteiger partial charge in [-0.2, -0.15) is 0 Å². The van der Waals surface area contributed by atoms with Gasteiger partial charge in [0.1, 0.15) is 6.29 Å². The highest BCUT2D eigenvalue weighted by molar-refractivity contribution is 5.73. The number of urea groups is 1. The molecule has 80 valence electrons. The maximum absolute atomic E-state index is 11.5. The minimum Gasteiger partial charge on any atom is -0.331 e. The Bertz CT molecular complexity index is 210. The van der Waals surface area contributed by atoms with E-state index in [1.807, 2.05) is 4.90 Å². The second-order valence-corrected chi connectivity index (χ2v) is 3.63. The van der Waals surface area contributed by atoms with E-state index in [0.717, 1.165) is 19.4 Å². The van der Waals surface area contributed by atoms with E-state index in [1.165, 1.54) is 0 Å². The summed E-state index contributed by atoms with van der Waals surface area (Å²) in [5.74, 6) is 0. The first kappa shape index (κ1) is 11.0. The molecule has 0 saturated carbocycles. The van der Waals surface area contributed by atoms with Gasteiger partial charge in [-0.3, -0.25) is 4.90 Å². The van der Waals surface area contributed by atoms with E-state index in [0.29, 0.717) is 19.6 Å². The van der Waals surface area contributed by atoms with E-state index in [4.69, 9.17) is 0 Å². The van der Waals surface area contributed by atoms with Crippen LogP contribution in [0.3, 0.4) is 0 Å². The van der Waals surface area contributed by atoms with Gasteiger partial charge in [0, 0.05) is 40.3 Å². The lowest BCUT2D eigenvalue weighted by molar-refractivity contribution is -0.109. The van der Waals surface area contributed by atoms with Gasteiger partial charge < -0.3 is 14.6 Å². The lowest BCUT2D eigenvalue weighted by Crippen LogP contribution is -2.51. The first-order valence-electron chi connectivity index (χ1n) is 4.77. The Morgan fingerprint density at radius 3 is 2.29 bits per heavy atom. The third-order valence-electron chi connectivity index (χ3n) is 2.36. The zero-order valence-electron chi connectivity index (χ0n) is 8.77. The molecule has 1 aliphatic rings. The summed E-state index contributed by atoms with van der Waals surface area (Å²) in [4.78, 5) is 27.2. The Kier molecular flexibility index (Phi) is 3.88. The Morgan fingerprint density at radius 1 is 1.29 bits per heavy atom. The highest BCUT2D eigenvalue weighted by atomic mass is 16.2. The van der Waals surface area contributed by atoms with Crippen LogP contribution in [0, 0.1) is 0 Å². The van der Waals surface area contributed by atoms with Crippen LogP contribution in [-0.4, -0.2) is 73.8 Å². The van der Waals surface area contributed by atoms with E-state index < -0.39 is 0 Å². The summed E-state index contributed by atoms with van der Waals surface area (Å²) in [5.41, 5.74) is 0. The highest BCUT2D eigenvalue weighted by Crippen LogP contribution is 2.02. The molecule has 5 nitrogen and oxygen atoms in total. The lowest BCUT2D eigenvalue weighted by Gasteiger charge is -2.34. The molecule has 1 rings (SSSR count). The van der Waals surface area contributed by atoms with Crippen LogP contribution in [0.15, 0.2) is 0 Å².